The Bertz CT molecular complexity index is 669. The van der Waals surface area contributed by atoms with Crippen molar-refractivity contribution < 1.29 is 19.2 Å². The number of Topliss-reactive ketones (excluding diaryl/α,β-unsaturated/α-hetero) is 1. The van der Waals surface area contributed by atoms with Crippen molar-refractivity contribution >= 4 is 29.2 Å². The van der Waals surface area contributed by atoms with Gasteiger partial charge in [-0.1, -0.05) is 24.6 Å². The first kappa shape index (κ1) is 19.9. The highest BCUT2D eigenvalue weighted by Crippen LogP contribution is 2.31. The van der Waals surface area contributed by atoms with Crippen LogP contribution in [0.2, 0.25) is 5.02 Å². The Kier molecular flexibility index (Phi) is 5.94. The van der Waals surface area contributed by atoms with Gasteiger partial charge >= 0.3 is 6.09 Å². The van der Waals surface area contributed by atoms with Gasteiger partial charge in [0.05, 0.1) is 4.92 Å². The topological polar surface area (TPSA) is 98.5 Å². The molecular weight excluding hydrogens is 336 g/mol. The van der Waals surface area contributed by atoms with Gasteiger partial charge in [0.25, 0.3) is 5.69 Å². The molecule has 0 aromatic heterocycles. The summed E-state index contributed by atoms with van der Waals surface area (Å²) in [6.45, 7) is 8.20. The summed E-state index contributed by atoms with van der Waals surface area (Å²) in [5.41, 5.74) is -2.29. The van der Waals surface area contributed by atoms with E-state index in [9.17, 15) is 19.7 Å². The third kappa shape index (κ3) is 4.67. The highest BCUT2D eigenvalue weighted by molar-refractivity contribution is 6.32. The summed E-state index contributed by atoms with van der Waals surface area (Å²) in [6.07, 6.45) is -0.660. The number of ketones is 1. The lowest BCUT2D eigenvalue weighted by atomic mass is 9.86. The van der Waals surface area contributed by atoms with Crippen LogP contribution in [0.15, 0.2) is 18.2 Å². The van der Waals surface area contributed by atoms with E-state index in [0.717, 1.165) is 0 Å². The van der Waals surface area contributed by atoms with Gasteiger partial charge in [-0.25, -0.2) is 4.79 Å². The molecule has 132 valence electrons. The van der Waals surface area contributed by atoms with Crippen molar-refractivity contribution in [3.05, 3.63) is 38.9 Å². The van der Waals surface area contributed by atoms with E-state index in [-0.39, 0.29) is 28.5 Å². The van der Waals surface area contributed by atoms with Gasteiger partial charge in [-0.05, 0) is 39.3 Å². The van der Waals surface area contributed by atoms with Crippen LogP contribution in [0.1, 0.15) is 46.6 Å². The van der Waals surface area contributed by atoms with Crippen molar-refractivity contribution in [2.24, 2.45) is 0 Å². The van der Waals surface area contributed by atoms with Crippen LogP contribution >= 0.6 is 11.6 Å². The molecule has 0 saturated carbocycles. The molecular formula is C16H21ClN2O5. The minimum atomic E-state index is -1.47. The SMILES string of the molecule is CCC(=O)C(C)(NC(=O)OC(C)(C)C)c1ccc(Cl)c([N+](=O)[O-])c1. The molecule has 0 aliphatic carbocycles. The second-order valence-corrected chi connectivity index (χ2v) is 6.86. The molecule has 0 bridgehead atoms. The van der Waals surface area contributed by atoms with E-state index in [2.05, 4.69) is 5.32 Å². The van der Waals surface area contributed by atoms with E-state index >= 15 is 0 Å². The molecule has 8 heteroatoms. The minimum Gasteiger partial charge on any atom is -0.444 e. The molecule has 24 heavy (non-hydrogen) atoms. The fourth-order valence-electron chi connectivity index (χ4n) is 2.13. The average molecular weight is 357 g/mol. The Hall–Kier alpha value is -2.15. The molecule has 1 rings (SSSR count). The summed E-state index contributed by atoms with van der Waals surface area (Å²) in [5, 5.41) is 13.6. The van der Waals surface area contributed by atoms with Crippen LogP contribution in [-0.2, 0) is 15.1 Å². The number of nitrogens with zero attached hydrogens (tertiary/aromatic N) is 1. The number of carbonyl (C=O) groups excluding carboxylic acids is 2. The Morgan fingerprint density at radius 2 is 1.88 bits per heavy atom. The summed E-state index contributed by atoms with van der Waals surface area (Å²) < 4.78 is 5.19. The molecule has 0 saturated heterocycles. The molecule has 0 aliphatic rings. The molecule has 1 aromatic rings. The first-order valence-electron chi connectivity index (χ1n) is 7.39. The van der Waals surface area contributed by atoms with E-state index in [4.69, 9.17) is 16.3 Å². The zero-order valence-electron chi connectivity index (χ0n) is 14.3. The van der Waals surface area contributed by atoms with Crippen molar-refractivity contribution in [1.82, 2.24) is 5.32 Å². The molecule has 0 fully saturated rings. The molecule has 0 radical (unpaired) electrons. The van der Waals surface area contributed by atoms with E-state index in [0.29, 0.717) is 0 Å². The number of benzene rings is 1. The van der Waals surface area contributed by atoms with Crippen LogP contribution in [0.25, 0.3) is 0 Å². The Labute approximate surface area is 145 Å². The maximum atomic E-state index is 12.4. The predicted molar refractivity (Wildman–Crippen MR) is 90.1 cm³/mol. The zero-order valence-corrected chi connectivity index (χ0v) is 15.1. The number of nitro groups is 1. The summed E-state index contributed by atoms with van der Waals surface area (Å²) in [7, 11) is 0. The van der Waals surface area contributed by atoms with Gasteiger partial charge < -0.3 is 10.1 Å². The summed E-state index contributed by atoms with van der Waals surface area (Å²) in [6, 6.07) is 3.99. The molecule has 1 unspecified atom stereocenters. The van der Waals surface area contributed by atoms with Gasteiger partial charge in [-0.15, -0.1) is 0 Å². The minimum absolute atomic E-state index is 0.0488. The molecule has 0 heterocycles. The third-order valence-electron chi connectivity index (χ3n) is 3.35. The van der Waals surface area contributed by atoms with E-state index in [1.807, 2.05) is 0 Å². The van der Waals surface area contributed by atoms with Crippen LogP contribution in [-0.4, -0.2) is 22.4 Å². The van der Waals surface area contributed by atoms with Gasteiger partial charge in [0.2, 0.25) is 0 Å². The number of nitrogens with one attached hydrogen (secondary N) is 1. The van der Waals surface area contributed by atoms with Gasteiger partial charge in [-0.2, -0.15) is 0 Å². The number of amides is 1. The monoisotopic (exact) mass is 356 g/mol. The van der Waals surface area contributed by atoms with Crippen LogP contribution < -0.4 is 5.32 Å². The molecule has 0 aliphatic heterocycles. The summed E-state index contributed by atoms with van der Waals surface area (Å²) in [4.78, 5) is 35.0. The zero-order chi connectivity index (χ0) is 18.7. The van der Waals surface area contributed by atoms with Gasteiger partial charge in [0, 0.05) is 12.5 Å². The molecule has 1 aromatic carbocycles. The van der Waals surface area contributed by atoms with E-state index in [1.165, 1.54) is 25.1 Å². The number of nitro benzene ring substituents is 1. The average Bonchev–Trinajstić information content (AvgIpc) is 2.43. The summed E-state index contributed by atoms with van der Waals surface area (Å²) >= 11 is 5.81. The molecule has 1 N–H and O–H groups in total. The normalized spacial score (nSPS) is 13.8. The number of alkyl carbamates (subject to hydrolysis) is 1. The van der Waals surface area contributed by atoms with Gasteiger partial charge in [0.1, 0.15) is 16.2 Å². The first-order valence-corrected chi connectivity index (χ1v) is 7.77. The molecule has 7 nitrogen and oxygen atoms in total. The molecule has 1 amide bonds. The fraction of sp³-hybridized carbons (Fsp3) is 0.500. The van der Waals surface area contributed by atoms with Gasteiger partial charge in [0.15, 0.2) is 5.78 Å². The number of carbonyl (C=O) groups is 2. The number of halogens is 1. The van der Waals surface area contributed by atoms with E-state index in [1.54, 1.807) is 27.7 Å². The van der Waals surface area contributed by atoms with Crippen molar-refractivity contribution in [2.75, 3.05) is 0 Å². The number of ether oxygens (including phenoxy) is 1. The Morgan fingerprint density at radius 3 is 2.33 bits per heavy atom. The van der Waals surface area contributed by atoms with Crippen LogP contribution in [0, 0.1) is 10.1 Å². The fourth-order valence-corrected chi connectivity index (χ4v) is 2.31. The van der Waals surface area contributed by atoms with Crippen molar-refractivity contribution in [2.45, 2.75) is 52.2 Å². The number of hydrogen-bond donors (Lipinski definition) is 1. The lowest BCUT2D eigenvalue weighted by Crippen LogP contribution is -2.50. The van der Waals surface area contributed by atoms with Crippen molar-refractivity contribution in [3.63, 3.8) is 0 Å². The standard InChI is InChI=1S/C16H21ClN2O5/c1-6-13(20)16(5,18-14(21)24-15(2,3)4)10-7-8-11(17)12(9-10)19(22)23/h7-9H,6H2,1-5H3,(H,18,21). The lowest BCUT2D eigenvalue weighted by molar-refractivity contribution is -0.384. The maximum absolute atomic E-state index is 12.4. The summed E-state index contributed by atoms with van der Waals surface area (Å²) in [5.74, 6) is -0.315. The van der Waals surface area contributed by atoms with Crippen LogP contribution in [0.4, 0.5) is 10.5 Å². The quantitative estimate of drug-likeness (QED) is 0.635. The second kappa shape index (κ2) is 7.17. The highest BCUT2D eigenvalue weighted by Gasteiger charge is 2.38. The smallest absolute Gasteiger partial charge is 0.408 e. The molecule has 0 spiro atoms. The van der Waals surface area contributed by atoms with Crippen molar-refractivity contribution in [1.29, 1.82) is 0 Å². The predicted octanol–water partition coefficient (Wildman–Crippen LogP) is 3.97. The lowest BCUT2D eigenvalue weighted by Gasteiger charge is -2.31. The number of hydrogen-bond acceptors (Lipinski definition) is 5. The molecule has 1 atom stereocenters. The first-order chi connectivity index (χ1) is 10.9. The maximum Gasteiger partial charge on any atom is 0.408 e. The van der Waals surface area contributed by atoms with Crippen molar-refractivity contribution in [3.8, 4) is 0 Å². The van der Waals surface area contributed by atoms with Crippen LogP contribution in [0.3, 0.4) is 0 Å². The van der Waals surface area contributed by atoms with Crippen LogP contribution in [0.5, 0.6) is 0 Å². The van der Waals surface area contributed by atoms with Gasteiger partial charge in [-0.3, -0.25) is 14.9 Å². The Morgan fingerprint density at radius 1 is 1.29 bits per heavy atom. The largest absolute Gasteiger partial charge is 0.444 e. The highest BCUT2D eigenvalue weighted by atomic mass is 35.5. The third-order valence-corrected chi connectivity index (χ3v) is 3.67. The Balaban J connectivity index is 3.31. The second-order valence-electron chi connectivity index (χ2n) is 6.45. The van der Waals surface area contributed by atoms with E-state index < -0.39 is 22.2 Å². The number of rotatable bonds is 5.